The number of nitrogens with zero attached hydrogens (tertiary/aromatic N) is 3. The van der Waals surface area contributed by atoms with Gasteiger partial charge >= 0.3 is 0 Å². The summed E-state index contributed by atoms with van der Waals surface area (Å²) in [6, 6.07) is 3.71. The lowest BCUT2D eigenvalue weighted by atomic mass is 10.2. The molecular formula is C13H15FN4O2. The van der Waals surface area contributed by atoms with Crippen LogP contribution in [0.5, 0.6) is 0 Å². The molecule has 0 unspecified atom stereocenters. The number of halogens is 1. The Morgan fingerprint density at radius 2 is 2.25 bits per heavy atom. The van der Waals surface area contributed by atoms with Crippen LogP contribution in [0.3, 0.4) is 0 Å². The van der Waals surface area contributed by atoms with Crippen molar-refractivity contribution in [2.45, 2.75) is 26.4 Å². The van der Waals surface area contributed by atoms with Gasteiger partial charge in [0.1, 0.15) is 11.5 Å². The van der Waals surface area contributed by atoms with Crippen molar-refractivity contribution >= 4 is 11.4 Å². The third-order valence-corrected chi connectivity index (χ3v) is 2.92. The number of anilines is 1. The van der Waals surface area contributed by atoms with E-state index in [4.69, 9.17) is 0 Å². The summed E-state index contributed by atoms with van der Waals surface area (Å²) in [6.45, 7) is 4.42. The van der Waals surface area contributed by atoms with E-state index in [1.165, 1.54) is 12.1 Å². The number of aromatic nitrogens is 2. The van der Waals surface area contributed by atoms with Crippen LogP contribution < -0.4 is 5.32 Å². The Labute approximate surface area is 115 Å². The number of imidazole rings is 1. The standard InChI is InChI=1S/C13H15FN4O2/c1-9(2)17-8-15-6-11(17)7-16-12-4-3-10(14)5-13(12)18(19)20/h3-6,8-9,16H,7H2,1-2H3. The zero-order valence-electron chi connectivity index (χ0n) is 11.2. The van der Waals surface area contributed by atoms with Crippen molar-refractivity contribution in [2.24, 2.45) is 0 Å². The number of hydrogen-bond acceptors (Lipinski definition) is 4. The van der Waals surface area contributed by atoms with Gasteiger partial charge in [0.05, 0.1) is 29.6 Å². The second-order valence-corrected chi connectivity index (χ2v) is 4.66. The summed E-state index contributed by atoms with van der Waals surface area (Å²) in [6.07, 6.45) is 3.41. The summed E-state index contributed by atoms with van der Waals surface area (Å²) < 4.78 is 15.0. The van der Waals surface area contributed by atoms with Gasteiger partial charge in [-0.2, -0.15) is 0 Å². The highest BCUT2D eigenvalue weighted by molar-refractivity contribution is 5.61. The Balaban J connectivity index is 2.19. The second-order valence-electron chi connectivity index (χ2n) is 4.66. The van der Waals surface area contributed by atoms with Gasteiger partial charge in [-0.1, -0.05) is 0 Å². The average Bonchev–Trinajstić information content (AvgIpc) is 2.85. The van der Waals surface area contributed by atoms with E-state index < -0.39 is 10.7 Å². The van der Waals surface area contributed by atoms with E-state index in [1.807, 2.05) is 18.4 Å². The maximum atomic E-state index is 13.0. The fourth-order valence-electron chi connectivity index (χ4n) is 1.93. The summed E-state index contributed by atoms with van der Waals surface area (Å²) in [5.74, 6) is -0.630. The highest BCUT2D eigenvalue weighted by Gasteiger charge is 2.15. The number of nitrogens with one attached hydrogen (secondary N) is 1. The topological polar surface area (TPSA) is 73.0 Å². The van der Waals surface area contributed by atoms with Crippen molar-refractivity contribution in [3.8, 4) is 0 Å². The van der Waals surface area contributed by atoms with Crippen LogP contribution in [0.25, 0.3) is 0 Å². The first kappa shape index (κ1) is 14.0. The Morgan fingerprint density at radius 1 is 1.50 bits per heavy atom. The molecule has 0 fully saturated rings. The van der Waals surface area contributed by atoms with Crippen molar-refractivity contribution in [3.05, 3.63) is 52.3 Å². The number of nitro benzene ring substituents is 1. The van der Waals surface area contributed by atoms with Gasteiger partial charge in [0.25, 0.3) is 5.69 Å². The van der Waals surface area contributed by atoms with Gasteiger partial charge in [-0.3, -0.25) is 10.1 Å². The van der Waals surface area contributed by atoms with Crippen molar-refractivity contribution in [1.82, 2.24) is 9.55 Å². The van der Waals surface area contributed by atoms with Gasteiger partial charge in [0, 0.05) is 12.2 Å². The molecule has 0 aliphatic heterocycles. The minimum absolute atomic E-state index is 0.248. The molecule has 106 valence electrons. The lowest BCUT2D eigenvalue weighted by Crippen LogP contribution is -2.09. The molecule has 2 rings (SSSR count). The summed E-state index contributed by atoms with van der Waals surface area (Å²) >= 11 is 0. The predicted molar refractivity (Wildman–Crippen MR) is 73.0 cm³/mol. The molecule has 7 heteroatoms. The summed E-state index contributed by atoms with van der Waals surface area (Å²) in [4.78, 5) is 14.3. The Morgan fingerprint density at radius 3 is 2.90 bits per heavy atom. The molecule has 1 N–H and O–H groups in total. The first-order chi connectivity index (χ1) is 9.49. The largest absolute Gasteiger partial charge is 0.374 e. The molecule has 0 bridgehead atoms. The van der Waals surface area contributed by atoms with Crippen LogP contribution in [0.4, 0.5) is 15.8 Å². The van der Waals surface area contributed by atoms with E-state index in [0.717, 1.165) is 11.8 Å². The Bertz CT molecular complexity index is 625. The molecule has 1 heterocycles. The van der Waals surface area contributed by atoms with Gasteiger partial charge in [0.2, 0.25) is 0 Å². The Hall–Kier alpha value is -2.44. The lowest BCUT2D eigenvalue weighted by molar-refractivity contribution is -0.384. The first-order valence-electron chi connectivity index (χ1n) is 6.17. The van der Waals surface area contributed by atoms with Gasteiger partial charge in [-0.25, -0.2) is 9.37 Å². The molecule has 0 aliphatic rings. The quantitative estimate of drug-likeness (QED) is 0.673. The van der Waals surface area contributed by atoms with E-state index >= 15 is 0 Å². The first-order valence-corrected chi connectivity index (χ1v) is 6.17. The summed E-state index contributed by atoms with van der Waals surface area (Å²) in [7, 11) is 0. The van der Waals surface area contributed by atoms with Gasteiger partial charge in [0.15, 0.2) is 0 Å². The van der Waals surface area contributed by atoms with Crippen LogP contribution >= 0.6 is 0 Å². The molecule has 20 heavy (non-hydrogen) atoms. The smallest absolute Gasteiger partial charge is 0.295 e. The SMILES string of the molecule is CC(C)n1cncc1CNc1ccc(F)cc1[N+](=O)[O-]. The minimum atomic E-state index is -0.630. The molecule has 0 amide bonds. The fourth-order valence-corrected chi connectivity index (χ4v) is 1.93. The van der Waals surface area contributed by atoms with Crippen LogP contribution in [-0.4, -0.2) is 14.5 Å². The van der Waals surface area contributed by atoms with Crippen LogP contribution in [0.2, 0.25) is 0 Å². The van der Waals surface area contributed by atoms with Crippen LogP contribution in [-0.2, 0) is 6.54 Å². The molecule has 0 saturated carbocycles. The predicted octanol–water partition coefficient (Wildman–Crippen LogP) is 3.12. The second kappa shape index (κ2) is 5.68. The molecule has 1 aromatic carbocycles. The molecule has 0 radical (unpaired) electrons. The highest BCUT2D eigenvalue weighted by Crippen LogP contribution is 2.25. The molecule has 0 atom stereocenters. The highest BCUT2D eigenvalue weighted by atomic mass is 19.1. The van der Waals surface area contributed by atoms with Crippen molar-refractivity contribution in [3.63, 3.8) is 0 Å². The van der Waals surface area contributed by atoms with Gasteiger partial charge < -0.3 is 9.88 Å². The normalized spacial score (nSPS) is 10.8. The van der Waals surface area contributed by atoms with E-state index in [2.05, 4.69) is 10.3 Å². The number of rotatable bonds is 5. The van der Waals surface area contributed by atoms with Crippen LogP contribution in [0, 0.1) is 15.9 Å². The number of hydrogen-bond donors (Lipinski definition) is 1. The van der Waals surface area contributed by atoms with Crippen molar-refractivity contribution in [1.29, 1.82) is 0 Å². The maximum Gasteiger partial charge on any atom is 0.295 e. The fraction of sp³-hybridized carbons (Fsp3) is 0.308. The molecule has 0 spiro atoms. The van der Waals surface area contributed by atoms with Gasteiger partial charge in [-0.05, 0) is 26.0 Å². The molecule has 2 aromatic rings. The molecule has 0 aliphatic carbocycles. The van der Waals surface area contributed by atoms with E-state index in [1.54, 1.807) is 12.5 Å². The summed E-state index contributed by atoms with van der Waals surface area (Å²) in [5, 5.41) is 13.8. The van der Waals surface area contributed by atoms with Crippen LogP contribution in [0.1, 0.15) is 25.6 Å². The molecule has 1 aromatic heterocycles. The van der Waals surface area contributed by atoms with Crippen molar-refractivity contribution < 1.29 is 9.31 Å². The Kier molecular flexibility index (Phi) is 3.97. The molecule has 6 nitrogen and oxygen atoms in total. The third kappa shape index (κ3) is 2.93. The molecule has 0 saturated heterocycles. The van der Waals surface area contributed by atoms with Crippen molar-refractivity contribution in [2.75, 3.05) is 5.32 Å². The zero-order valence-corrected chi connectivity index (χ0v) is 11.2. The third-order valence-electron chi connectivity index (χ3n) is 2.92. The number of nitro groups is 1. The van der Waals surface area contributed by atoms with E-state index in [0.29, 0.717) is 6.54 Å². The molecular weight excluding hydrogens is 263 g/mol. The van der Waals surface area contributed by atoms with Gasteiger partial charge in [-0.15, -0.1) is 0 Å². The number of benzene rings is 1. The monoisotopic (exact) mass is 278 g/mol. The van der Waals surface area contributed by atoms with E-state index in [-0.39, 0.29) is 17.4 Å². The lowest BCUT2D eigenvalue weighted by Gasteiger charge is -2.13. The zero-order chi connectivity index (χ0) is 14.7. The summed E-state index contributed by atoms with van der Waals surface area (Å²) in [5.41, 5.74) is 0.909. The van der Waals surface area contributed by atoms with Crippen LogP contribution in [0.15, 0.2) is 30.7 Å². The average molecular weight is 278 g/mol. The maximum absolute atomic E-state index is 13.0. The van der Waals surface area contributed by atoms with E-state index in [9.17, 15) is 14.5 Å². The minimum Gasteiger partial charge on any atom is -0.374 e.